The van der Waals surface area contributed by atoms with Crippen molar-refractivity contribution in [3.05, 3.63) is 48.2 Å². The normalized spacial score (nSPS) is 11.3. The molecule has 1 aromatic heterocycles. The number of methoxy groups -OCH3 is 1. The molecule has 2 rings (SSSR count). The summed E-state index contributed by atoms with van der Waals surface area (Å²) in [6.45, 7) is 8.72. The van der Waals surface area contributed by atoms with Gasteiger partial charge < -0.3 is 29.6 Å². The van der Waals surface area contributed by atoms with Crippen LogP contribution >= 0.6 is 0 Å². The van der Waals surface area contributed by atoms with E-state index in [1.165, 1.54) is 0 Å². The molecular weight excluding hydrogens is 408 g/mol. The number of guanidine groups is 1. The molecule has 0 fully saturated rings. The van der Waals surface area contributed by atoms with E-state index in [0.29, 0.717) is 44.6 Å². The van der Waals surface area contributed by atoms with E-state index in [9.17, 15) is 0 Å². The average Bonchev–Trinajstić information content (AvgIpc) is 2.82. The van der Waals surface area contributed by atoms with E-state index >= 15 is 0 Å². The summed E-state index contributed by atoms with van der Waals surface area (Å²) in [5.41, 5.74) is 0.902. The highest BCUT2D eigenvalue weighted by Crippen LogP contribution is 2.25. The standard InChI is InChI=1S/C24H36N4O4/c1-4-15-31-21-9-11-22(12-10-21)32-23-20(8-6-13-26-23)19-28-24(25-5-2)27-14-7-16-30-18-17-29-3/h6,8-13H,4-5,7,14-19H2,1-3H3,(H2,25,27,28). The monoisotopic (exact) mass is 444 g/mol. The van der Waals surface area contributed by atoms with Crippen molar-refractivity contribution in [2.75, 3.05) is 46.6 Å². The predicted octanol–water partition coefficient (Wildman–Crippen LogP) is 3.77. The van der Waals surface area contributed by atoms with E-state index in [-0.39, 0.29) is 0 Å². The summed E-state index contributed by atoms with van der Waals surface area (Å²) >= 11 is 0. The van der Waals surface area contributed by atoms with Crippen LogP contribution in [0.3, 0.4) is 0 Å². The number of ether oxygens (including phenoxy) is 4. The summed E-state index contributed by atoms with van der Waals surface area (Å²) < 4.78 is 22.1. The molecular formula is C24H36N4O4. The minimum absolute atomic E-state index is 0.445. The third-order valence-corrected chi connectivity index (χ3v) is 4.30. The van der Waals surface area contributed by atoms with Gasteiger partial charge in [-0.2, -0.15) is 0 Å². The van der Waals surface area contributed by atoms with Crippen molar-refractivity contribution in [3.8, 4) is 17.4 Å². The predicted molar refractivity (Wildman–Crippen MR) is 127 cm³/mol. The Morgan fingerprint density at radius 2 is 1.78 bits per heavy atom. The summed E-state index contributed by atoms with van der Waals surface area (Å²) in [4.78, 5) is 9.07. The Hall–Kier alpha value is -2.84. The zero-order valence-electron chi connectivity index (χ0n) is 19.4. The summed E-state index contributed by atoms with van der Waals surface area (Å²) in [7, 11) is 1.67. The summed E-state index contributed by atoms with van der Waals surface area (Å²) in [5.74, 6) is 2.82. The molecule has 0 saturated heterocycles. The van der Waals surface area contributed by atoms with Gasteiger partial charge in [-0.1, -0.05) is 13.0 Å². The van der Waals surface area contributed by atoms with Gasteiger partial charge >= 0.3 is 0 Å². The molecule has 1 heterocycles. The van der Waals surface area contributed by atoms with Gasteiger partial charge in [-0.05, 0) is 50.1 Å². The van der Waals surface area contributed by atoms with Crippen LogP contribution in [0.4, 0.5) is 0 Å². The molecule has 1 aromatic carbocycles. The van der Waals surface area contributed by atoms with Crippen LogP contribution in [0.2, 0.25) is 0 Å². The molecule has 0 radical (unpaired) electrons. The molecule has 0 aliphatic rings. The van der Waals surface area contributed by atoms with E-state index in [0.717, 1.165) is 43.2 Å². The second kappa shape index (κ2) is 15.9. The van der Waals surface area contributed by atoms with Crippen LogP contribution in [0.1, 0.15) is 32.3 Å². The number of nitrogens with zero attached hydrogens (tertiary/aromatic N) is 2. The Morgan fingerprint density at radius 1 is 0.969 bits per heavy atom. The van der Waals surface area contributed by atoms with Crippen molar-refractivity contribution in [2.45, 2.75) is 33.2 Å². The summed E-state index contributed by atoms with van der Waals surface area (Å²) in [6.07, 6.45) is 3.57. The lowest BCUT2D eigenvalue weighted by atomic mass is 10.2. The Labute approximate surface area is 191 Å². The van der Waals surface area contributed by atoms with Gasteiger partial charge in [-0.3, -0.25) is 0 Å². The minimum atomic E-state index is 0.445. The van der Waals surface area contributed by atoms with Gasteiger partial charge in [0.1, 0.15) is 11.5 Å². The lowest BCUT2D eigenvalue weighted by Crippen LogP contribution is -2.38. The Bertz CT molecular complexity index is 784. The van der Waals surface area contributed by atoms with Crippen LogP contribution in [-0.2, 0) is 16.0 Å². The average molecular weight is 445 g/mol. The molecule has 8 heteroatoms. The number of nitrogens with one attached hydrogen (secondary N) is 2. The van der Waals surface area contributed by atoms with E-state index < -0.39 is 0 Å². The number of rotatable bonds is 15. The molecule has 0 unspecified atom stereocenters. The van der Waals surface area contributed by atoms with Crippen LogP contribution in [0.15, 0.2) is 47.6 Å². The molecule has 176 valence electrons. The van der Waals surface area contributed by atoms with Crippen molar-refractivity contribution >= 4 is 5.96 Å². The quantitative estimate of drug-likeness (QED) is 0.246. The summed E-state index contributed by atoms with van der Waals surface area (Å²) in [5, 5.41) is 6.59. The first-order valence-corrected chi connectivity index (χ1v) is 11.2. The smallest absolute Gasteiger partial charge is 0.224 e. The van der Waals surface area contributed by atoms with E-state index in [1.807, 2.05) is 43.3 Å². The highest BCUT2D eigenvalue weighted by molar-refractivity contribution is 5.79. The lowest BCUT2D eigenvalue weighted by molar-refractivity contribution is 0.0698. The fourth-order valence-electron chi connectivity index (χ4n) is 2.70. The first-order chi connectivity index (χ1) is 15.8. The Balaban J connectivity index is 1.91. The van der Waals surface area contributed by atoms with Gasteiger partial charge in [0.05, 0.1) is 26.4 Å². The third kappa shape index (κ3) is 9.98. The van der Waals surface area contributed by atoms with E-state index in [1.54, 1.807) is 13.3 Å². The number of benzene rings is 1. The van der Waals surface area contributed by atoms with E-state index in [4.69, 9.17) is 18.9 Å². The van der Waals surface area contributed by atoms with Gasteiger partial charge in [0, 0.05) is 38.6 Å². The van der Waals surface area contributed by atoms with Crippen LogP contribution in [0, 0.1) is 0 Å². The van der Waals surface area contributed by atoms with Gasteiger partial charge in [0.15, 0.2) is 5.96 Å². The topological polar surface area (TPSA) is 86.2 Å². The number of aliphatic imine (C=N–C) groups is 1. The largest absolute Gasteiger partial charge is 0.494 e. The van der Waals surface area contributed by atoms with Crippen molar-refractivity contribution < 1.29 is 18.9 Å². The highest BCUT2D eigenvalue weighted by Gasteiger charge is 2.07. The molecule has 8 nitrogen and oxygen atoms in total. The molecule has 0 atom stereocenters. The third-order valence-electron chi connectivity index (χ3n) is 4.30. The molecule has 2 N–H and O–H groups in total. The summed E-state index contributed by atoms with van der Waals surface area (Å²) in [6, 6.07) is 11.4. The number of pyridine rings is 1. The Morgan fingerprint density at radius 3 is 2.53 bits per heavy atom. The maximum absolute atomic E-state index is 6.00. The van der Waals surface area contributed by atoms with Crippen LogP contribution < -0.4 is 20.1 Å². The molecule has 0 amide bonds. The first kappa shape index (κ1) is 25.4. The molecule has 2 aromatic rings. The number of hydrogen-bond acceptors (Lipinski definition) is 6. The van der Waals surface area contributed by atoms with Crippen molar-refractivity contribution in [2.24, 2.45) is 4.99 Å². The van der Waals surface area contributed by atoms with Crippen LogP contribution in [0.5, 0.6) is 17.4 Å². The van der Waals surface area contributed by atoms with Crippen LogP contribution in [-0.4, -0.2) is 57.6 Å². The van der Waals surface area contributed by atoms with Crippen LogP contribution in [0.25, 0.3) is 0 Å². The molecule has 0 spiro atoms. The molecule has 0 aliphatic heterocycles. The second-order valence-electron chi connectivity index (χ2n) is 6.97. The van der Waals surface area contributed by atoms with Crippen molar-refractivity contribution in [1.82, 2.24) is 15.6 Å². The number of hydrogen-bond donors (Lipinski definition) is 2. The minimum Gasteiger partial charge on any atom is -0.494 e. The lowest BCUT2D eigenvalue weighted by Gasteiger charge is -2.13. The number of aromatic nitrogens is 1. The van der Waals surface area contributed by atoms with Gasteiger partial charge in [0.25, 0.3) is 0 Å². The van der Waals surface area contributed by atoms with Gasteiger partial charge in [-0.15, -0.1) is 0 Å². The molecule has 0 aliphatic carbocycles. The Kier molecular flexibility index (Phi) is 12.6. The fraction of sp³-hybridized carbons (Fsp3) is 0.500. The fourth-order valence-corrected chi connectivity index (χ4v) is 2.70. The van der Waals surface area contributed by atoms with Crippen molar-refractivity contribution in [1.29, 1.82) is 0 Å². The SMILES string of the molecule is CCCOc1ccc(Oc2ncccc2CN=C(NCC)NCCCOCCOC)cc1. The van der Waals surface area contributed by atoms with Crippen molar-refractivity contribution in [3.63, 3.8) is 0 Å². The van der Waals surface area contributed by atoms with Gasteiger partial charge in [0.2, 0.25) is 5.88 Å². The maximum Gasteiger partial charge on any atom is 0.224 e. The van der Waals surface area contributed by atoms with E-state index in [2.05, 4.69) is 27.5 Å². The zero-order chi connectivity index (χ0) is 22.9. The highest BCUT2D eigenvalue weighted by atomic mass is 16.5. The zero-order valence-corrected chi connectivity index (χ0v) is 19.4. The maximum atomic E-state index is 6.00. The van der Waals surface area contributed by atoms with Gasteiger partial charge in [-0.25, -0.2) is 9.98 Å². The molecule has 32 heavy (non-hydrogen) atoms. The first-order valence-electron chi connectivity index (χ1n) is 11.2. The molecule has 0 saturated carbocycles. The second-order valence-corrected chi connectivity index (χ2v) is 6.97. The molecule has 0 bridgehead atoms.